The molecule has 3 rings (SSSR count). The molecule has 0 amide bonds. The average Bonchev–Trinajstić information content (AvgIpc) is 2.92. The topological polar surface area (TPSA) is 68.6 Å². The van der Waals surface area contributed by atoms with E-state index in [1.165, 1.54) is 0 Å². The fourth-order valence-corrected chi connectivity index (χ4v) is 2.06. The second kappa shape index (κ2) is 4.38. The number of imidazole rings is 1. The fraction of sp³-hybridized carbons (Fsp3) is 0.308. The minimum Gasteiger partial charge on any atom is -0.478 e. The van der Waals surface area contributed by atoms with Crippen molar-refractivity contribution in [1.29, 1.82) is 0 Å². The predicted molar refractivity (Wildman–Crippen MR) is 72.0 cm³/mol. The van der Waals surface area contributed by atoms with Gasteiger partial charge in [-0.05, 0) is 19.9 Å². The molecule has 6 heteroatoms. The van der Waals surface area contributed by atoms with Crippen LogP contribution in [0.25, 0.3) is 22.6 Å². The Bertz CT molecular complexity index is 728. The van der Waals surface area contributed by atoms with Crippen LogP contribution >= 0.6 is 0 Å². The zero-order valence-corrected chi connectivity index (χ0v) is 11.1. The number of hydrogen-bond donors (Lipinski definition) is 1. The summed E-state index contributed by atoms with van der Waals surface area (Å²) in [6, 6.07) is 3.76. The molecular formula is C13H15N5O. The molecule has 0 fully saturated rings. The molecule has 0 saturated carbocycles. The SMILES string of the molecule is CCOc1ccc2[nH]c(-c3cn(C)nc3C)nc2n1. The van der Waals surface area contributed by atoms with Gasteiger partial charge in [-0.3, -0.25) is 4.68 Å². The third-order valence-corrected chi connectivity index (χ3v) is 2.88. The molecule has 0 aliphatic rings. The molecule has 0 saturated heterocycles. The monoisotopic (exact) mass is 257 g/mol. The summed E-state index contributed by atoms with van der Waals surface area (Å²) in [5.74, 6) is 1.37. The minimum absolute atomic E-state index is 0.593. The Hall–Kier alpha value is -2.37. The second-order valence-electron chi connectivity index (χ2n) is 4.34. The van der Waals surface area contributed by atoms with E-state index in [1.807, 2.05) is 39.2 Å². The zero-order valence-electron chi connectivity index (χ0n) is 11.1. The van der Waals surface area contributed by atoms with Crippen LogP contribution in [0.1, 0.15) is 12.6 Å². The summed E-state index contributed by atoms with van der Waals surface area (Å²) >= 11 is 0. The van der Waals surface area contributed by atoms with Crippen molar-refractivity contribution in [2.24, 2.45) is 7.05 Å². The molecule has 0 aliphatic carbocycles. The van der Waals surface area contributed by atoms with E-state index in [0.717, 1.165) is 22.6 Å². The summed E-state index contributed by atoms with van der Waals surface area (Å²) in [5, 5.41) is 4.32. The van der Waals surface area contributed by atoms with Gasteiger partial charge in [0.1, 0.15) is 5.82 Å². The van der Waals surface area contributed by atoms with Gasteiger partial charge >= 0.3 is 0 Å². The molecule has 0 radical (unpaired) electrons. The second-order valence-corrected chi connectivity index (χ2v) is 4.34. The van der Waals surface area contributed by atoms with Crippen LogP contribution in [-0.2, 0) is 7.05 Å². The minimum atomic E-state index is 0.593. The maximum absolute atomic E-state index is 5.38. The van der Waals surface area contributed by atoms with E-state index in [0.29, 0.717) is 18.1 Å². The van der Waals surface area contributed by atoms with Gasteiger partial charge in [-0.25, -0.2) is 4.98 Å². The van der Waals surface area contributed by atoms with Crippen molar-refractivity contribution in [3.8, 4) is 17.3 Å². The first-order valence-corrected chi connectivity index (χ1v) is 6.17. The van der Waals surface area contributed by atoms with Crippen LogP contribution in [-0.4, -0.2) is 31.3 Å². The Kier molecular flexibility index (Phi) is 2.70. The molecule has 19 heavy (non-hydrogen) atoms. The summed E-state index contributed by atoms with van der Waals surface area (Å²) in [5.41, 5.74) is 3.47. The lowest BCUT2D eigenvalue weighted by Gasteiger charge is -1.99. The molecular weight excluding hydrogens is 242 g/mol. The summed E-state index contributed by atoms with van der Waals surface area (Å²) in [6.07, 6.45) is 1.94. The number of hydrogen-bond acceptors (Lipinski definition) is 4. The molecule has 0 spiro atoms. The molecule has 0 bridgehead atoms. The summed E-state index contributed by atoms with van der Waals surface area (Å²) in [7, 11) is 1.89. The van der Waals surface area contributed by atoms with Gasteiger partial charge in [-0.2, -0.15) is 10.1 Å². The van der Waals surface area contributed by atoms with Crippen molar-refractivity contribution in [3.05, 3.63) is 24.0 Å². The molecule has 3 aromatic heterocycles. The number of pyridine rings is 1. The highest BCUT2D eigenvalue weighted by atomic mass is 16.5. The maximum Gasteiger partial charge on any atom is 0.215 e. The Morgan fingerprint density at radius 3 is 2.84 bits per heavy atom. The summed E-state index contributed by atoms with van der Waals surface area (Å²) in [6.45, 7) is 4.49. The number of aryl methyl sites for hydroxylation is 2. The Morgan fingerprint density at radius 2 is 2.16 bits per heavy atom. The van der Waals surface area contributed by atoms with E-state index in [4.69, 9.17) is 4.74 Å². The molecule has 1 N–H and O–H groups in total. The lowest BCUT2D eigenvalue weighted by atomic mass is 10.2. The van der Waals surface area contributed by atoms with Crippen molar-refractivity contribution in [2.75, 3.05) is 6.61 Å². The first kappa shape index (κ1) is 11.7. The zero-order chi connectivity index (χ0) is 13.4. The van der Waals surface area contributed by atoms with E-state index in [2.05, 4.69) is 20.1 Å². The lowest BCUT2D eigenvalue weighted by Crippen LogP contribution is -1.93. The van der Waals surface area contributed by atoms with Crippen molar-refractivity contribution in [3.63, 3.8) is 0 Å². The van der Waals surface area contributed by atoms with E-state index in [1.54, 1.807) is 4.68 Å². The number of H-pyrrole nitrogens is 1. The molecule has 3 aromatic rings. The van der Waals surface area contributed by atoms with E-state index < -0.39 is 0 Å². The summed E-state index contributed by atoms with van der Waals surface area (Å²) < 4.78 is 7.15. The normalized spacial score (nSPS) is 11.1. The van der Waals surface area contributed by atoms with Gasteiger partial charge in [0, 0.05) is 19.3 Å². The van der Waals surface area contributed by atoms with Crippen LogP contribution in [0.5, 0.6) is 5.88 Å². The molecule has 0 unspecified atom stereocenters. The van der Waals surface area contributed by atoms with Crippen LogP contribution in [0, 0.1) is 6.92 Å². The molecule has 6 nitrogen and oxygen atoms in total. The highest BCUT2D eigenvalue weighted by molar-refractivity contribution is 5.76. The molecule has 98 valence electrons. The number of nitrogens with one attached hydrogen (secondary N) is 1. The number of ether oxygens (including phenoxy) is 1. The van der Waals surface area contributed by atoms with Gasteiger partial charge in [-0.15, -0.1) is 0 Å². The molecule has 0 aromatic carbocycles. The fourth-order valence-electron chi connectivity index (χ4n) is 2.06. The van der Waals surface area contributed by atoms with Crippen LogP contribution in [0.2, 0.25) is 0 Å². The van der Waals surface area contributed by atoms with Crippen molar-refractivity contribution < 1.29 is 4.74 Å². The van der Waals surface area contributed by atoms with Crippen LogP contribution in [0.15, 0.2) is 18.3 Å². The standard InChI is InChI=1S/C13H15N5O/c1-4-19-11-6-5-10-13(15-11)16-12(14-10)9-7-18(3)17-8(9)2/h5-7H,4H2,1-3H3,(H,14,15,16). The number of aromatic amines is 1. The molecule has 0 aliphatic heterocycles. The average molecular weight is 257 g/mol. The first-order valence-electron chi connectivity index (χ1n) is 6.17. The van der Waals surface area contributed by atoms with Crippen molar-refractivity contribution in [2.45, 2.75) is 13.8 Å². The Balaban J connectivity index is 2.08. The maximum atomic E-state index is 5.38. The Morgan fingerprint density at radius 1 is 1.32 bits per heavy atom. The van der Waals surface area contributed by atoms with Gasteiger partial charge in [0.2, 0.25) is 5.88 Å². The van der Waals surface area contributed by atoms with E-state index >= 15 is 0 Å². The number of fused-ring (bicyclic) bond motifs is 1. The van der Waals surface area contributed by atoms with Crippen LogP contribution in [0.3, 0.4) is 0 Å². The largest absolute Gasteiger partial charge is 0.478 e. The van der Waals surface area contributed by atoms with E-state index in [9.17, 15) is 0 Å². The Labute approximate surface area is 110 Å². The quantitative estimate of drug-likeness (QED) is 0.779. The van der Waals surface area contributed by atoms with Crippen LogP contribution in [0.4, 0.5) is 0 Å². The van der Waals surface area contributed by atoms with Gasteiger partial charge in [0.15, 0.2) is 5.65 Å². The van der Waals surface area contributed by atoms with Gasteiger partial charge in [-0.1, -0.05) is 0 Å². The van der Waals surface area contributed by atoms with Crippen molar-refractivity contribution >= 4 is 11.2 Å². The van der Waals surface area contributed by atoms with Gasteiger partial charge < -0.3 is 9.72 Å². The smallest absolute Gasteiger partial charge is 0.215 e. The number of nitrogens with zero attached hydrogens (tertiary/aromatic N) is 4. The number of aromatic nitrogens is 5. The molecule has 0 atom stereocenters. The lowest BCUT2D eigenvalue weighted by molar-refractivity contribution is 0.328. The van der Waals surface area contributed by atoms with Crippen molar-refractivity contribution in [1.82, 2.24) is 24.7 Å². The van der Waals surface area contributed by atoms with Crippen LogP contribution < -0.4 is 4.74 Å². The van der Waals surface area contributed by atoms with Gasteiger partial charge in [0.25, 0.3) is 0 Å². The number of rotatable bonds is 3. The van der Waals surface area contributed by atoms with E-state index in [-0.39, 0.29) is 0 Å². The third-order valence-electron chi connectivity index (χ3n) is 2.88. The van der Waals surface area contributed by atoms with Gasteiger partial charge in [0.05, 0.1) is 23.4 Å². The first-order chi connectivity index (χ1) is 9.17. The predicted octanol–water partition coefficient (Wildman–Crippen LogP) is 2.07. The highest BCUT2D eigenvalue weighted by Crippen LogP contribution is 2.23. The molecule has 3 heterocycles. The third kappa shape index (κ3) is 2.05. The summed E-state index contributed by atoms with van der Waals surface area (Å²) in [4.78, 5) is 12.1. The highest BCUT2D eigenvalue weighted by Gasteiger charge is 2.12.